The van der Waals surface area contributed by atoms with Crippen LogP contribution in [0.1, 0.15) is 35.0 Å². The summed E-state index contributed by atoms with van der Waals surface area (Å²) in [5, 5.41) is 5.26. The average Bonchev–Trinajstić information content (AvgIpc) is 2.61. The van der Waals surface area contributed by atoms with Crippen LogP contribution in [0.3, 0.4) is 0 Å². The van der Waals surface area contributed by atoms with Crippen LogP contribution < -0.4 is 10.3 Å². The van der Waals surface area contributed by atoms with E-state index in [4.69, 9.17) is 4.74 Å². The number of carbonyl (C=O) groups is 1. The minimum absolute atomic E-state index is 0.159. The second-order valence-corrected chi connectivity index (χ2v) is 6.03. The second kappa shape index (κ2) is 6.89. The van der Waals surface area contributed by atoms with Crippen molar-refractivity contribution in [2.45, 2.75) is 33.7 Å². The topological polar surface area (TPSA) is 61.2 Å². The van der Waals surface area contributed by atoms with Crippen LogP contribution in [0.2, 0.25) is 0 Å². The van der Waals surface area contributed by atoms with E-state index < -0.39 is 5.97 Å². The Labute approximate surface area is 145 Å². The van der Waals surface area contributed by atoms with Crippen molar-refractivity contribution < 1.29 is 9.53 Å². The number of hydrogen-bond donors (Lipinski definition) is 0. The summed E-state index contributed by atoms with van der Waals surface area (Å²) in [6.07, 6.45) is 0.747. The van der Waals surface area contributed by atoms with E-state index in [-0.39, 0.29) is 11.3 Å². The molecule has 2 aromatic carbocycles. The number of nitrogens with zero attached hydrogens (tertiary/aromatic N) is 2. The third-order valence-electron chi connectivity index (χ3n) is 4.10. The quantitative estimate of drug-likeness (QED) is 0.539. The number of fused-ring (bicyclic) bond motifs is 1. The molecule has 0 radical (unpaired) electrons. The highest BCUT2D eigenvalue weighted by atomic mass is 16.5. The van der Waals surface area contributed by atoms with Crippen molar-refractivity contribution in [1.82, 2.24) is 9.78 Å². The molecule has 3 aromatic rings. The van der Waals surface area contributed by atoms with Crippen molar-refractivity contribution in [2.24, 2.45) is 0 Å². The zero-order valence-corrected chi connectivity index (χ0v) is 14.6. The van der Waals surface area contributed by atoms with Gasteiger partial charge >= 0.3 is 5.97 Å². The van der Waals surface area contributed by atoms with E-state index in [0.717, 1.165) is 17.5 Å². The number of ether oxygens (including phenoxy) is 1. The highest BCUT2D eigenvalue weighted by Gasteiger charge is 2.19. The Morgan fingerprint density at radius 3 is 2.32 bits per heavy atom. The third-order valence-corrected chi connectivity index (χ3v) is 4.10. The Hall–Kier alpha value is -2.95. The first-order valence-corrected chi connectivity index (χ1v) is 8.31. The molecule has 0 amide bonds. The molecule has 25 heavy (non-hydrogen) atoms. The summed E-state index contributed by atoms with van der Waals surface area (Å²) in [5.74, 6) is -0.0231. The van der Waals surface area contributed by atoms with E-state index in [1.807, 2.05) is 39.0 Å². The minimum Gasteiger partial charge on any atom is -0.421 e. The van der Waals surface area contributed by atoms with Gasteiger partial charge in [-0.25, -0.2) is 9.48 Å². The predicted molar refractivity (Wildman–Crippen MR) is 97.2 cm³/mol. The van der Waals surface area contributed by atoms with Crippen molar-refractivity contribution in [3.05, 3.63) is 69.6 Å². The van der Waals surface area contributed by atoms with Gasteiger partial charge in [0.2, 0.25) is 0 Å². The highest BCUT2D eigenvalue weighted by Crippen LogP contribution is 2.24. The van der Waals surface area contributed by atoms with E-state index in [9.17, 15) is 9.59 Å². The molecule has 5 heteroatoms. The first-order chi connectivity index (χ1) is 12.0. The van der Waals surface area contributed by atoms with Crippen LogP contribution in [0, 0.1) is 13.8 Å². The Balaban J connectivity index is 2.13. The van der Waals surface area contributed by atoms with Gasteiger partial charge in [0, 0.05) is 11.9 Å². The van der Waals surface area contributed by atoms with Crippen LogP contribution >= 0.6 is 0 Å². The normalized spacial score (nSPS) is 10.8. The molecule has 0 bridgehead atoms. The monoisotopic (exact) mass is 336 g/mol. The molecule has 1 aromatic heterocycles. The summed E-state index contributed by atoms with van der Waals surface area (Å²) in [6, 6.07) is 12.7. The van der Waals surface area contributed by atoms with Crippen LogP contribution in [-0.4, -0.2) is 15.7 Å². The maximum absolute atomic E-state index is 12.8. The number of hydrogen-bond acceptors (Lipinski definition) is 4. The molecule has 5 nitrogen and oxygen atoms in total. The van der Waals surface area contributed by atoms with Crippen LogP contribution in [0.4, 0.5) is 0 Å². The fourth-order valence-corrected chi connectivity index (χ4v) is 2.85. The van der Waals surface area contributed by atoms with Gasteiger partial charge in [-0.3, -0.25) is 4.79 Å². The summed E-state index contributed by atoms with van der Waals surface area (Å²) >= 11 is 0. The molecule has 128 valence electrons. The molecular formula is C20H20N2O3. The molecule has 0 fully saturated rings. The molecule has 0 spiro atoms. The van der Waals surface area contributed by atoms with E-state index in [1.165, 1.54) is 4.68 Å². The zero-order chi connectivity index (χ0) is 18.0. The van der Waals surface area contributed by atoms with Crippen molar-refractivity contribution in [3.8, 4) is 5.75 Å². The lowest BCUT2D eigenvalue weighted by molar-refractivity contribution is 0.0725. The van der Waals surface area contributed by atoms with Gasteiger partial charge < -0.3 is 4.74 Å². The number of aryl methyl sites for hydroxylation is 3. The summed E-state index contributed by atoms with van der Waals surface area (Å²) in [5.41, 5.74) is 1.71. The van der Waals surface area contributed by atoms with Crippen molar-refractivity contribution in [1.29, 1.82) is 0 Å². The number of rotatable bonds is 4. The Kier molecular flexibility index (Phi) is 4.65. The highest BCUT2D eigenvalue weighted by molar-refractivity contribution is 6.03. The maximum atomic E-state index is 12.8. The summed E-state index contributed by atoms with van der Waals surface area (Å²) < 4.78 is 6.96. The van der Waals surface area contributed by atoms with Crippen LogP contribution in [0.5, 0.6) is 5.75 Å². The van der Waals surface area contributed by atoms with Gasteiger partial charge in [-0.1, -0.05) is 43.3 Å². The second-order valence-electron chi connectivity index (χ2n) is 6.03. The molecule has 0 saturated carbocycles. The van der Waals surface area contributed by atoms with Gasteiger partial charge in [0.15, 0.2) is 5.69 Å². The molecule has 0 aliphatic carbocycles. The molecule has 3 rings (SSSR count). The van der Waals surface area contributed by atoms with Crippen LogP contribution in [0.25, 0.3) is 10.8 Å². The molecular weight excluding hydrogens is 316 g/mol. The van der Waals surface area contributed by atoms with Crippen molar-refractivity contribution in [2.75, 3.05) is 0 Å². The molecule has 0 aliphatic heterocycles. The van der Waals surface area contributed by atoms with Gasteiger partial charge in [0.25, 0.3) is 5.56 Å². The SMILES string of the molecule is CCCn1nc(C(=O)Oc2c(C)cccc2C)c2ccccc2c1=O. The summed E-state index contributed by atoms with van der Waals surface area (Å²) in [6.45, 7) is 6.18. The van der Waals surface area contributed by atoms with E-state index in [0.29, 0.717) is 23.1 Å². The van der Waals surface area contributed by atoms with Crippen LogP contribution in [0.15, 0.2) is 47.3 Å². The van der Waals surface area contributed by atoms with E-state index >= 15 is 0 Å². The van der Waals surface area contributed by atoms with Gasteiger partial charge in [0.05, 0.1) is 5.39 Å². The van der Waals surface area contributed by atoms with Gasteiger partial charge in [-0.15, -0.1) is 0 Å². The zero-order valence-electron chi connectivity index (χ0n) is 14.6. The van der Waals surface area contributed by atoms with E-state index in [2.05, 4.69) is 5.10 Å². The average molecular weight is 336 g/mol. The molecule has 0 unspecified atom stereocenters. The van der Waals surface area contributed by atoms with Crippen molar-refractivity contribution in [3.63, 3.8) is 0 Å². The van der Waals surface area contributed by atoms with Crippen LogP contribution in [-0.2, 0) is 6.54 Å². The molecule has 0 N–H and O–H groups in total. The fraction of sp³-hybridized carbons (Fsp3) is 0.250. The number of aromatic nitrogens is 2. The van der Waals surface area contributed by atoms with Gasteiger partial charge in [-0.2, -0.15) is 5.10 Å². The first kappa shape index (κ1) is 16.9. The Morgan fingerprint density at radius 1 is 1.04 bits per heavy atom. The standard InChI is InChI=1S/C20H20N2O3/c1-4-12-22-19(23)16-11-6-5-10-15(16)17(21-22)20(24)25-18-13(2)8-7-9-14(18)3/h5-11H,4,12H2,1-3H3. The van der Waals surface area contributed by atoms with E-state index in [1.54, 1.807) is 24.3 Å². The fourth-order valence-electron chi connectivity index (χ4n) is 2.85. The Morgan fingerprint density at radius 2 is 1.68 bits per heavy atom. The summed E-state index contributed by atoms with van der Waals surface area (Å²) in [4.78, 5) is 25.3. The molecule has 0 aliphatic rings. The smallest absolute Gasteiger partial charge is 0.364 e. The predicted octanol–water partition coefficient (Wildman–Crippen LogP) is 3.64. The molecule has 0 saturated heterocycles. The third kappa shape index (κ3) is 3.18. The first-order valence-electron chi connectivity index (χ1n) is 8.31. The number of carbonyl (C=O) groups excluding carboxylic acids is 1. The largest absolute Gasteiger partial charge is 0.421 e. The Bertz CT molecular complexity index is 985. The number of esters is 1. The van der Waals surface area contributed by atoms with Gasteiger partial charge in [-0.05, 0) is 37.5 Å². The minimum atomic E-state index is -0.557. The lowest BCUT2D eigenvalue weighted by Crippen LogP contribution is -2.27. The molecule has 0 atom stereocenters. The van der Waals surface area contributed by atoms with Crippen molar-refractivity contribution >= 4 is 16.7 Å². The molecule has 1 heterocycles. The number of benzene rings is 2. The lowest BCUT2D eigenvalue weighted by Gasteiger charge is -2.12. The number of para-hydroxylation sites is 1. The summed E-state index contributed by atoms with van der Waals surface area (Å²) in [7, 11) is 0. The maximum Gasteiger partial charge on any atom is 0.364 e. The van der Waals surface area contributed by atoms with Gasteiger partial charge in [0.1, 0.15) is 5.75 Å². The lowest BCUT2D eigenvalue weighted by atomic mass is 10.1.